The van der Waals surface area contributed by atoms with Crippen molar-refractivity contribution >= 4 is 39.3 Å². The van der Waals surface area contributed by atoms with E-state index < -0.39 is 0 Å². The second-order valence-electron chi connectivity index (χ2n) is 5.17. The molecule has 2 heterocycles. The molecule has 0 bridgehead atoms. The van der Waals surface area contributed by atoms with Crippen molar-refractivity contribution in [1.82, 2.24) is 14.9 Å². The number of aromatic nitrogens is 3. The third-order valence-electron chi connectivity index (χ3n) is 3.67. The number of thioether (sulfide) groups is 1. The Bertz CT molecular complexity index is 917. The molecule has 1 atom stereocenters. The van der Waals surface area contributed by atoms with Gasteiger partial charge in [-0.25, -0.2) is 4.68 Å². The van der Waals surface area contributed by atoms with Gasteiger partial charge in [-0.1, -0.05) is 35.5 Å². The topological polar surface area (TPSA) is 52.0 Å². The molecule has 24 heavy (non-hydrogen) atoms. The van der Waals surface area contributed by atoms with Crippen molar-refractivity contribution in [2.45, 2.75) is 10.5 Å². The number of halogens is 2. The van der Waals surface area contributed by atoms with E-state index in [1.807, 2.05) is 47.1 Å². The monoisotopic (exact) mass is 422 g/mol. The van der Waals surface area contributed by atoms with Gasteiger partial charge < -0.3 is 10.2 Å². The van der Waals surface area contributed by atoms with Gasteiger partial charge in [0, 0.05) is 15.1 Å². The number of methoxy groups -OCH3 is 1. The molecule has 0 fully saturated rings. The summed E-state index contributed by atoms with van der Waals surface area (Å²) in [5.41, 5.74) is 5.46. The van der Waals surface area contributed by atoms with Gasteiger partial charge in [0.15, 0.2) is 5.82 Å². The van der Waals surface area contributed by atoms with E-state index in [-0.39, 0.29) is 5.37 Å². The molecule has 1 unspecified atom stereocenters. The highest BCUT2D eigenvalue weighted by Gasteiger charge is 2.28. The van der Waals surface area contributed by atoms with Gasteiger partial charge in [-0.15, -0.1) is 10.2 Å². The van der Waals surface area contributed by atoms with Gasteiger partial charge in [0.2, 0.25) is 5.16 Å². The second kappa shape index (κ2) is 6.31. The number of fused-ring (bicyclic) bond motifs is 1. The smallest absolute Gasteiger partial charge is 0.212 e. The van der Waals surface area contributed by atoms with E-state index in [0.29, 0.717) is 0 Å². The molecule has 8 heteroatoms. The van der Waals surface area contributed by atoms with Gasteiger partial charge in [0.1, 0.15) is 11.1 Å². The number of benzene rings is 2. The van der Waals surface area contributed by atoms with Crippen molar-refractivity contribution in [3.8, 4) is 17.1 Å². The van der Waals surface area contributed by atoms with E-state index in [1.165, 1.54) is 0 Å². The van der Waals surface area contributed by atoms with Crippen molar-refractivity contribution in [1.29, 1.82) is 0 Å². The maximum absolute atomic E-state index is 6.10. The predicted octanol–water partition coefficient (Wildman–Crippen LogP) is 4.72. The van der Waals surface area contributed by atoms with Crippen LogP contribution in [0.15, 0.2) is 52.1 Å². The van der Waals surface area contributed by atoms with Gasteiger partial charge >= 0.3 is 0 Å². The Kier molecular flexibility index (Phi) is 4.15. The van der Waals surface area contributed by atoms with Crippen molar-refractivity contribution in [3.63, 3.8) is 0 Å². The minimum atomic E-state index is 0.0463. The Morgan fingerprint density at radius 3 is 2.88 bits per heavy atom. The molecule has 0 radical (unpaired) electrons. The van der Waals surface area contributed by atoms with Gasteiger partial charge in [0.05, 0.1) is 7.11 Å². The maximum Gasteiger partial charge on any atom is 0.212 e. The maximum atomic E-state index is 6.10. The normalized spacial score (nSPS) is 15.9. The molecular weight excluding hydrogens is 412 g/mol. The van der Waals surface area contributed by atoms with Crippen LogP contribution in [0.5, 0.6) is 5.75 Å². The lowest BCUT2D eigenvalue weighted by Crippen LogP contribution is -2.13. The lowest BCUT2D eigenvalue weighted by Gasteiger charge is -2.13. The Balaban J connectivity index is 1.68. The first-order valence-corrected chi connectivity index (χ1v) is 9.19. The van der Waals surface area contributed by atoms with Crippen LogP contribution in [0.2, 0.25) is 5.02 Å². The molecule has 0 saturated heterocycles. The van der Waals surface area contributed by atoms with E-state index in [4.69, 9.17) is 16.3 Å². The first-order valence-electron chi connectivity index (χ1n) is 7.13. The minimum absolute atomic E-state index is 0.0463. The zero-order chi connectivity index (χ0) is 16.7. The van der Waals surface area contributed by atoms with Gasteiger partial charge in [-0.2, -0.15) is 0 Å². The standard InChI is InChI=1S/C16H12BrClN4OS/c1-23-11-5-6-12(13(17)8-11)14-19-20-16-22(14)21-15(24-16)9-3-2-4-10(18)7-9/h2-8,15,21H,1H3. The van der Waals surface area contributed by atoms with E-state index in [0.717, 1.165) is 37.4 Å². The third-order valence-corrected chi connectivity index (χ3v) is 5.65. The molecular formula is C16H12BrClN4OS. The molecule has 1 N–H and O–H groups in total. The zero-order valence-corrected chi connectivity index (χ0v) is 15.7. The number of nitrogens with zero attached hydrogens (tertiary/aromatic N) is 3. The van der Waals surface area contributed by atoms with Gasteiger partial charge in [0.25, 0.3) is 0 Å². The fraction of sp³-hybridized carbons (Fsp3) is 0.125. The number of hydrogen-bond acceptors (Lipinski definition) is 5. The molecule has 3 aromatic rings. The summed E-state index contributed by atoms with van der Waals surface area (Å²) < 4.78 is 8.04. The summed E-state index contributed by atoms with van der Waals surface area (Å²) in [6.07, 6.45) is 0. The van der Waals surface area contributed by atoms with Crippen LogP contribution < -0.4 is 10.2 Å². The van der Waals surface area contributed by atoms with E-state index >= 15 is 0 Å². The largest absolute Gasteiger partial charge is 0.497 e. The third kappa shape index (κ3) is 2.76. The molecule has 0 aliphatic carbocycles. The SMILES string of the molecule is COc1ccc(-c2nnc3n2NC(c2cccc(Cl)c2)S3)c(Br)c1. The minimum Gasteiger partial charge on any atom is -0.497 e. The molecule has 5 nitrogen and oxygen atoms in total. The molecule has 1 aliphatic heterocycles. The molecule has 1 aliphatic rings. The molecule has 0 amide bonds. The highest BCUT2D eigenvalue weighted by Crippen LogP contribution is 2.41. The first-order chi connectivity index (χ1) is 11.7. The second-order valence-corrected chi connectivity index (χ2v) is 7.53. The fourth-order valence-corrected chi connectivity index (χ4v) is 4.22. The molecule has 4 rings (SSSR count). The summed E-state index contributed by atoms with van der Waals surface area (Å²) in [7, 11) is 1.64. The highest BCUT2D eigenvalue weighted by molar-refractivity contribution is 9.10. The first kappa shape index (κ1) is 15.8. The Labute approximate surface area is 156 Å². The Morgan fingerprint density at radius 2 is 2.12 bits per heavy atom. The summed E-state index contributed by atoms with van der Waals surface area (Å²) in [4.78, 5) is 0. The summed E-state index contributed by atoms with van der Waals surface area (Å²) in [6, 6.07) is 13.6. The van der Waals surface area contributed by atoms with E-state index in [2.05, 4.69) is 31.6 Å². The Morgan fingerprint density at radius 1 is 1.25 bits per heavy atom. The van der Waals surface area contributed by atoms with Crippen molar-refractivity contribution < 1.29 is 4.74 Å². The lowest BCUT2D eigenvalue weighted by molar-refractivity contribution is 0.414. The average molecular weight is 424 g/mol. The van der Waals surface area contributed by atoms with Gasteiger partial charge in [-0.3, -0.25) is 0 Å². The van der Waals surface area contributed by atoms with Crippen LogP contribution in [-0.4, -0.2) is 22.0 Å². The van der Waals surface area contributed by atoms with Crippen LogP contribution in [0.1, 0.15) is 10.9 Å². The van der Waals surface area contributed by atoms with Crippen LogP contribution in [0.4, 0.5) is 0 Å². The zero-order valence-electron chi connectivity index (χ0n) is 12.5. The molecule has 2 aromatic carbocycles. The summed E-state index contributed by atoms with van der Waals surface area (Å²) in [5.74, 6) is 1.53. The number of nitrogens with one attached hydrogen (secondary N) is 1. The highest BCUT2D eigenvalue weighted by atomic mass is 79.9. The van der Waals surface area contributed by atoms with Crippen LogP contribution >= 0.6 is 39.3 Å². The number of hydrogen-bond donors (Lipinski definition) is 1. The van der Waals surface area contributed by atoms with Crippen LogP contribution in [-0.2, 0) is 0 Å². The summed E-state index contributed by atoms with van der Waals surface area (Å²) in [6.45, 7) is 0. The fourth-order valence-electron chi connectivity index (χ4n) is 2.50. The molecule has 122 valence electrons. The van der Waals surface area contributed by atoms with Crippen molar-refractivity contribution in [2.75, 3.05) is 12.5 Å². The van der Waals surface area contributed by atoms with Crippen LogP contribution in [0.3, 0.4) is 0 Å². The Hall–Kier alpha value is -1.70. The molecule has 1 aromatic heterocycles. The van der Waals surface area contributed by atoms with Crippen molar-refractivity contribution in [3.05, 3.63) is 57.5 Å². The number of rotatable bonds is 3. The van der Waals surface area contributed by atoms with Crippen molar-refractivity contribution in [2.24, 2.45) is 0 Å². The quantitative estimate of drug-likeness (QED) is 0.661. The van der Waals surface area contributed by atoms with Crippen LogP contribution in [0, 0.1) is 0 Å². The summed E-state index contributed by atoms with van der Waals surface area (Å²) >= 11 is 11.3. The van der Waals surface area contributed by atoms with E-state index in [9.17, 15) is 0 Å². The molecule has 0 spiro atoms. The average Bonchev–Trinajstić information content (AvgIpc) is 3.15. The van der Waals surface area contributed by atoms with Gasteiger partial charge in [-0.05, 0) is 51.8 Å². The lowest BCUT2D eigenvalue weighted by atomic mass is 10.2. The predicted molar refractivity (Wildman–Crippen MR) is 99.1 cm³/mol. The molecule has 0 saturated carbocycles. The van der Waals surface area contributed by atoms with E-state index in [1.54, 1.807) is 18.9 Å². The van der Waals surface area contributed by atoms with Crippen LogP contribution in [0.25, 0.3) is 11.4 Å². The number of ether oxygens (including phenoxy) is 1. The summed E-state index contributed by atoms with van der Waals surface area (Å²) in [5, 5.41) is 10.2.